The third-order valence-electron chi connectivity index (χ3n) is 1.26. The largest absolute Gasteiger partial charge is 0.349 e. The molecule has 0 saturated carbocycles. The van der Waals surface area contributed by atoms with Crippen LogP contribution in [0.5, 0.6) is 0 Å². The number of nitrogens with one attached hydrogen (secondary N) is 1. The van der Waals surface area contributed by atoms with E-state index in [0.29, 0.717) is 0 Å². The second-order valence-corrected chi connectivity index (χ2v) is 2.36. The number of H-pyrrole nitrogens is 1. The number of hydrogen-bond donors (Lipinski definition) is 1. The van der Waals surface area contributed by atoms with Gasteiger partial charge in [0.15, 0.2) is 0 Å². The molecule has 0 amide bonds. The highest BCUT2D eigenvalue weighted by atomic mass is 15.0. The number of hydrogen-bond acceptors (Lipinski definition) is 4. The van der Waals surface area contributed by atoms with Crippen LogP contribution in [0.2, 0.25) is 0 Å². The Labute approximate surface area is 76.3 Å². The Morgan fingerprint density at radius 1 is 1.08 bits per heavy atom. The first kappa shape index (κ1) is 9.31. The lowest BCUT2D eigenvalue weighted by Gasteiger charge is -1.80. The van der Waals surface area contributed by atoms with Crippen molar-refractivity contribution >= 4 is 0 Å². The topological polar surface area (TPSA) is 67.3 Å². The molecule has 13 heavy (non-hydrogen) atoms. The van der Waals surface area contributed by atoms with E-state index >= 15 is 0 Å². The van der Waals surface area contributed by atoms with Gasteiger partial charge in [0, 0.05) is 12.4 Å². The highest BCUT2D eigenvalue weighted by Crippen LogP contribution is 1.78. The van der Waals surface area contributed by atoms with Crippen LogP contribution in [0.4, 0.5) is 0 Å². The van der Waals surface area contributed by atoms with Crippen molar-refractivity contribution in [3.05, 3.63) is 36.7 Å². The molecule has 0 aromatic carbocycles. The number of rotatable bonds is 0. The fourth-order valence-corrected chi connectivity index (χ4v) is 0.641. The van der Waals surface area contributed by atoms with Gasteiger partial charge in [0.05, 0.1) is 0 Å². The van der Waals surface area contributed by atoms with E-state index in [1.165, 1.54) is 12.7 Å². The van der Waals surface area contributed by atoms with Gasteiger partial charge in [-0.15, -0.1) is 0 Å². The van der Waals surface area contributed by atoms with E-state index in [2.05, 4.69) is 24.9 Å². The monoisotopic (exact) mass is 177 g/mol. The number of aromatic nitrogens is 5. The summed E-state index contributed by atoms with van der Waals surface area (Å²) in [4.78, 5) is 17.9. The minimum Gasteiger partial charge on any atom is -0.349 e. The summed E-state index contributed by atoms with van der Waals surface area (Å²) < 4.78 is 0. The van der Waals surface area contributed by atoms with Crippen LogP contribution >= 0.6 is 0 Å². The molecule has 5 heteroatoms. The van der Waals surface area contributed by atoms with Crippen molar-refractivity contribution in [2.75, 3.05) is 0 Å². The second-order valence-electron chi connectivity index (χ2n) is 2.36. The molecule has 2 heterocycles. The zero-order valence-electron chi connectivity index (χ0n) is 7.60. The molecule has 2 rings (SSSR count). The number of imidazole rings is 1. The molecule has 0 bridgehead atoms. The average molecular weight is 177 g/mol. The SMILES string of the molecule is Cc1ncc[nH]1.Cc1ncncn1. The number of nitrogens with zero attached hydrogens (tertiary/aromatic N) is 4. The van der Waals surface area contributed by atoms with E-state index in [-0.39, 0.29) is 0 Å². The third kappa shape index (κ3) is 3.95. The van der Waals surface area contributed by atoms with Crippen LogP contribution in [0.1, 0.15) is 11.6 Å². The maximum Gasteiger partial charge on any atom is 0.128 e. The van der Waals surface area contributed by atoms with Gasteiger partial charge in [-0.25, -0.2) is 19.9 Å². The van der Waals surface area contributed by atoms with Crippen LogP contribution in [-0.2, 0) is 0 Å². The molecule has 68 valence electrons. The Morgan fingerprint density at radius 3 is 2.00 bits per heavy atom. The van der Waals surface area contributed by atoms with Crippen molar-refractivity contribution < 1.29 is 0 Å². The first-order valence-corrected chi connectivity index (χ1v) is 3.83. The van der Waals surface area contributed by atoms with E-state index in [1.54, 1.807) is 12.4 Å². The van der Waals surface area contributed by atoms with Gasteiger partial charge >= 0.3 is 0 Å². The van der Waals surface area contributed by atoms with Crippen LogP contribution in [0.3, 0.4) is 0 Å². The minimum absolute atomic E-state index is 0.759. The molecule has 5 nitrogen and oxygen atoms in total. The van der Waals surface area contributed by atoms with Gasteiger partial charge in [-0.05, 0) is 13.8 Å². The maximum atomic E-state index is 3.86. The van der Waals surface area contributed by atoms with E-state index < -0.39 is 0 Å². The Kier molecular flexibility index (Phi) is 3.56. The van der Waals surface area contributed by atoms with Gasteiger partial charge in [0.25, 0.3) is 0 Å². The average Bonchev–Trinajstić information content (AvgIpc) is 2.58. The molecular formula is C8H11N5. The van der Waals surface area contributed by atoms with Gasteiger partial charge in [0.2, 0.25) is 0 Å². The Morgan fingerprint density at radius 2 is 1.77 bits per heavy atom. The van der Waals surface area contributed by atoms with Crippen molar-refractivity contribution in [1.82, 2.24) is 24.9 Å². The molecule has 0 spiro atoms. The van der Waals surface area contributed by atoms with Gasteiger partial charge in [-0.3, -0.25) is 0 Å². The van der Waals surface area contributed by atoms with Crippen molar-refractivity contribution in [3.8, 4) is 0 Å². The summed E-state index contributed by atoms with van der Waals surface area (Å²) in [5.74, 6) is 1.73. The molecule has 0 aliphatic carbocycles. The highest BCUT2D eigenvalue weighted by Gasteiger charge is 1.75. The fraction of sp³-hybridized carbons (Fsp3) is 0.250. The lowest BCUT2D eigenvalue weighted by Crippen LogP contribution is -1.84. The predicted octanol–water partition coefficient (Wildman–Crippen LogP) is 0.898. The van der Waals surface area contributed by atoms with Gasteiger partial charge in [-0.1, -0.05) is 0 Å². The summed E-state index contributed by atoms with van der Waals surface area (Å²) in [5, 5.41) is 0. The quantitative estimate of drug-likeness (QED) is 0.649. The van der Waals surface area contributed by atoms with Gasteiger partial charge in [-0.2, -0.15) is 0 Å². The molecule has 0 aliphatic heterocycles. The molecule has 2 aromatic rings. The third-order valence-corrected chi connectivity index (χ3v) is 1.26. The van der Waals surface area contributed by atoms with Crippen molar-refractivity contribution in [2.45, 2.75) is 13.8 Å². The molecular weight excluding hydrogens is 166 g/mol. The van der Waals surface area contributed by atoms with Crippen molar-refractivity contribution in [1.29, 1.82) is 0 Å². The van der Waals surface area contributed by atoms with E-state index in [9.17, 15) is 0 Å². The summed E-state index contributed by atoms with van der Waals surface area (Å²) in [6.45, 7) is 3.74. The van der Waals surface area contributed by atoms with E-state index in [1.807, 2.05) is 13.8 Å². The molecule has 0 atom stereocenters. The smallest absolute Gasteiger partial charge is 0.128 e. The Balaban J connectivity index is 0.000000132. The molecule has 0 fully saturated rings. The summed E-state index contributed by atoms with van der Waals surface area (Å²) in [6.07, 6.45) is 6.48. The first-order chi connectivity index (χ1) is 6.29. The molecule has 0 unspecified atom stereocenters. The van der Waals surface area contributed by atoms with Gasteiger partial charge < -0.3 is 4.98 Å². The van der Waals surface area contributed by atoms with Crippen LogP contribution in [-0.4, -0.2) is 24.9 Å². The standard InChI is InChI=1S/C4H5N3.C4H6N2/c1-4-6-2-5-3-7-4;1-4-5-2-3-6-4/h2-3H,1H3;2-3H,1H3,(H,5,6). The Bertz CT molecular complexity index is 316. The molecule has 1 N–H and O–H groups in total. The minimum atomic E-state index is 0.759. The number of aromatic amines is 1. The molecule has 2 aromatic heterocycles. The van der Waals surface area contributed by atoms with Crippen LogP contribution in [0.15, 0.2) is 25.0 Å². The lowest BCUT2D eigenvalue weighted by molar-refractivity contribution is 0.974. The predicted molar refractivity (Wildman–Crippen MR) is 47.9 cm³/mol. The lowest BCUT2D eigenvalue weighted by atomic mass is 10.7. The van der Waals surface area contributed by atoms with Gasteiger partial charge in [0.1, 0.15) is 24.3 Å². The summed E-state index contributed by atoms with van der Waals surface area (Å²) in [7, 11) is 0. The van der Waals surface area contributed by atoms with Crippen LogP contribution in [0.25, 0.3) is 0 Å². The number of aryl methyl sites for hydroxylation is 2. The van der Waals surface area contributed by atoms with E-state index in [4.69, 9.17) is 0 Å². The van der Waals surface area contributed by atoms with Crippen molar-refractivity contribution in [2.24, 2.45) is 0 Å². The fourth-order valence-electron chi connectivity index (χ4n) is 0.641. The first-order valence-electron chi connectivity index (χ1n) is 3.83. The van der Waals surface area contributed by atoms with Crippen LogP contribution < -0.4 is 0 Å². The summed E-state index contributed by atoms with van der Waals surface area (Å²) in [5.41, 5.74) is 0. The Hall–Kier alpha value is -1.78. The summed E-state index contributed by atoms with van der Waals surface area (Å²) in [6, 6.07) is 0. The normalized spacial score (nSPS) is 8.77. The highest BCUT2D eigenvalue weighted by molar-refractivity contribution is 4.80. The van der Waals surface area contributed by atoms with Crippen molar-refractivity contribution in [3.63, 3.8) is 0 Å². The molecule has 0 aliphatic rings. The molecule has 0 saturated heterocycles. The zero-order valence-corrected chi connectivity index (χ0v) is 7.60. The second kappa shape index (κ2) is 4.97. The maximum absolute atomic E-state index is 3.86. The molecule has 0 radical (unpaired) electrons. The van der Waals surface area contributed by atoms with E-state index in [0.717, 1.165) is 11.6 Å². The summed E-state index contributed by atoms with van der Waals surface area (Å²) >= 11 is 0. The van der Waals surface area contributed by atoms with Crippen LogP contribution in [0, 0.1) is 13.8 Å². The zero-order chi connectivity index (χ0) is 9.52.